The average molecular weight is 299 g/mol. The number of hydrogen-bond donors (Lipinski definition) is 1. The van der Waals surface area contributed by atoms with Crippen molar-refractivity contribution >= 4 is 16.0 Å². The van der Waals surface area contributed by atoms with E-state index in [0.717, 1.165) is 5.56 Å². The van der Waals surface area contributed by atoms with Crippen molar-refractivity contribution in [2.75, 3.05) is 12.9 Å². The molecule has 0 aliphatic carbocycles. The smallest absolute Gasteiger partial charge is 0.324 e. The highest BCUT2D eigenvalue weighted by Gasteiger charge is 2.27. The van der Waals surface area contributed by atoms with Gasteiger partial charge in [0.25, 0.3) is 0 Å². The Morgan fingerprint density at radius 2 is 1.85 bits per heavy atom. The monoisotopic (exact) mass is 299 g/mol. The summed E-state index contributed by atoms with van der Waals surface area (Å²) >= 11 is 0. The Hall–Kier alpha value is -1.40. The van der Waals surface area contributed by atoms with Crippen LogP contribution in [-0.2, 0) is 26.0 Å². The van der Waals surface area contributed by atoms with Crippen LogP contribution < -0.4 is 4.72 Å². The molecular formula is C14H21NO4S. The minimum atomic E-state index is -3.53. The fourth-order valence-corrected chi connectivity index (χ4v) is 3.11. The normalized spacial score (nSPS) is 13.2. The van der Waals surface area contributed by atoms with Gasteiger partial charge in [0.05, 0.1) is 12.9 Å². The van der Waals surface area contributed by atoms with Gasteiger partial charge < -0.3 is 4.74 Å². The van der Waals surface area contributed by atoms with Crippen LogP contribution in [0.1, 0.15) is 19.4 Å². The lowest BCUT2D eigenvalue weighted by Crippen LogP contribution is -2.45. The van der Waals surface area contributed by atoms with Gasteiger partial charge in [-0.15, -0.1) is 0 Å². The summed E-state index contributed by atoms with van der Waals surface area (Å²) in [6.07, 6.45) is 0.405. The number of nitrogens with one attached hydrogen (secondary N) is 1. The minimum Gasteiger partial charge on any atom is -0.468 e. The Labute approximate surface area is 120 Å². The standard InChI is InChI=1S/C14H21NO4S/c1-11(2)13(14(16)19-3)15-20(17,18)10-9-12-7-5-4-6-8-12/h4-8,11,13,15H,9-10H2,1-3H3. The SMILES string of the molecule is COC(=O)C(NS(=O)(=O)CCc1ccccc1)C(C)C. The lowest BCUT2D eigenvalue weighted by molar-refractivity contribution is -0.143. The molecule has 0 spiro atoms. The zero-order chi connectivity index (χ0) is 15.2. The quantitative estimate of drug-likeness (QED) is 0.771. The van der Waals surface area contributed by atoms with Gasteiger partial charge in [0.15, 0.2) is 0 Å². The van der Waals surface area contributed by atoms with Crippen LogP contribution in [0.2, 0.25) is 0 Å². The molecule has 0 bridgehead atoms. The van der Waals surface area contributed by atoms with Gasteiger partial charge >= 0.3 is 5.97 Å². The number of carbonyl (C=O) groups excluding carboxylic acids is 1. The first-order chi connectivity index (χ1) is 9.35. The van der Waals surface area contributed by atoms with E-state index in [2.05, 4.69) is 9.46 Å². The zero-order valence-electron chi connectivity index (χ0n) is 12.0. The molecule has 20 heavy (non-hydrogen) atoms. The first kappa shape index (κ1) is 16.7. The highest BCUT2D eigenvalue weighted by atomic mass is 32.2. The van der Waals surface area contributed by atoms with E-state index in [9.17, 15) is 13.2 Å². The van der Waals surface area contributed by atoms with Gasteiger partial charge in [0.1, 0.15) is 6.04 Å². The number of benzene rings is 1. The molecule has 1 N–H and O–H groups in total. The van der Waals surface area contributed by atoms with E-state index in [1.54, 1.807) is 13.8 Å². The van der Waals surface area contributed by atoms with Gasteiger partial charge in [-0.2, -0.15) is 0 Å². The lowest BCUT2D eigenvalue weighted by Gasteiger charge is -2.19. The molecule has 0 aliphatic rings. The second-order valence-corrected chi connectivity index (χ2v) is 6.79. The van der Waals surface area contributed by atoms with E-state index in [-0.39, 0.29) is 11.7 Å². The highest BCUT2D eigenvalue weighted by molar-refractivity contribution is 7.89. The molecule has 112 valence electrons. The molecule has 0 heterocycles. The van der Waals surface area contributed by atoms with Crippen LogP contribution in [-0.4, -0.2) is 33.3 Å². The van der Waals surface area contributed by atoms with Crippen molar-refractivity contribution in [3.63, 3.8) is 0 Å². The van der Waals surface area contributed by atoms with Crippen LogP contribution in [0, 0.1) is 5.92 Å². The van der Waals surface area contributed by atoms with Crippen LogP contribution in [0.25, 0.3) is 0 Å². The van der Waals surface area contributed by atoms with Gasteiger partial charge in [-0.3, -0.25) is 4.79 Å². The van der Waals surface area contributed by atoms with E-state index in [1.807, 2.05) is 30.3 Å². The Kier molecular flexibility index (Phi) is 6.16. The maximum absolute atomic E-state index is 12.0. The summed E-state index contributed by atoms with van der Waals surface area (Å²) in [5.74, 6) is -0.797. The molecule has 0 aliphatic heterocycles. The summed E-state index contributed by atoms with van der Waals surface area (Å²) in [6, 6.07) is 8.50. The molecule has 5 nitrogen and oxygen atoms in total. The Balaban J connectivity index is 2.66. The molecule has 0 fully saturated rings. The molecule has 1 rings (SSSR count). The first-order valence-electron chi connectivity index (χ1n) is 6.47. The van der Waals surface area contributed by atoms with Gasteiger partial charge in [0.2, 0.25) is 10.0 Å². The molecule has 1 unspecified atom stereocenters. The molecule has 6 heteroatoms. The number of methoxy groups -OCH3 is 1. The fraction of sp³-hybridized carbons (Fsp3) is 0.500. The van der Waals surface area contributed by atoms with Crippen molar-refractivity contribution in [1.82, 2.24) is 4.72 Å². The molecule has 1 aromatic rings. The van der Waals surface area contributed by atoms with E-state index in [0.29, 0.717) is 6.42 Å². The molecule has 0 amide bonds. The summed E-state index contributed by atoms with van der Waals surface area (Å²) in [5, 5.41) is 0. The molecule has 0 saturated heterocycles. The minimum absolute atomic E-state index is 0.0583. The van der Waals surface area contributed by atoms with Gasteiger partial charge in [0, 0.05) is 0 Å². The Bertz CT molecular complexity index is 525. The van der Waals surface area contributed by atoms with Crippen LogP contribution >= 0.6 is 0 Å². The molecule has 0 aromatic heterocycles. The molecule has 1 aromatic carbocycles. The number of carbonyl (C=O) groups is 1. The number of ether oxygens (including phenoxy) is 1. The van der Waals surface area contributed by atoms with Gasteiger partial charge in [-0.05, 0) is 17.9 Å². The average Bonchev–Trinajstić information content (AvgIpc) is 2.43. The van der Waals surface area contributed by atoms with E-state index in [4.69, 9.17) is 0 Å². The van der Waals surface area contributed by atoms with Crippen molar-refractivity contribution in [3.05, 3.63) is 35.9 Å². The molecular weight excluding hydrogens is 278 g/mol. The second-order valence-electron chi connectivity index (χ2n) is 4.92. The fourth-order valence-electron chi connectivity index (χ4n) is 1.73. The molecule has 0 saturated carbocycles. The number of esters is 1. The molecule has 0 radical (unpaired) electrons. The summed E-state index contributed by atoms with van der Waals surface area (Å²) in [6.45, 7) is 3.53. The lowest BCUT2D eigenvalue weighted by atomic mass is 10.1. The van der Waals surface area contributed by atoms with Crippen molar-refractivity contribution in [2.45, 2.75) is 26.3 Å². The Morgan fingerprint density at radius 3 is 2.35 bits per heavy atom. The zero-order valence-corrected chi connectivity index (χ0v) is 12.8. The first-order valence-corrected chi connectivity index (χ1v) is 8.12. The number of rotatable bonds is 7. The van der Waals surface area contributed by atoms with Crippen molar-refractivity contribution < 1.29 is 17.9 Å². The van der Waals surface area contributed by atoms with Crippen LogP contribution in [0.5, 0.6) is 0 Å². The van der Waals surface area contributed by atoms with E-state index >= 15 is 0 Å². The topological polar surface area (TPSA) is 72.5 Å². The third-order valence-corrected chi connectivity index (χ3v) is 4.29. The van der Waals surface area contributed by atoms with Crippen molar-refractivity contribution in [2.24, 2.45) is 5.92 Å². The predicted octanol–water partition coefficient (Wildman–Crippen LogP) is 1.35. The van der Waals surface area contributed by atoms with Crippen LogP contribution in [0.4, 0.5) is 0 Å². The predicted molar refractivity (Wildman–Crippen MR) is 77.7 cm³/mol. The number of aryl methyl sites for hydroxylation is 1. The third kappa shape index (κ3) is 5.30. The van der Waals surface area contributed by atoms with E-state index < -0.39 is 22.0 Å². The highest BCUT2D eigenvalue weighted by Crippen LogP contribution is 2.07. The summed E-state index contributed by atoms with van der Waals surface area (Å²) in [5.41, 5.74) is 0.942. The van der Waals surface area contributed by atoms with Crippen molar-refractivity contribution in [1.29, 1.82) is 0 Å². The van der Waals surface area contributed by atoms with Crippen molar-refractivity contribution in [3.8, 4) is 0 Å². The van der Waals surface area contributed by atoms with Crippen LogP contribution in [0.3, 0.4) is 0 Å². The summed E-state index contributed by atoms with van der Waals surface area (Å²) in [4.78, 5) is 11.6. The van der Waals surface area contributed by atoms with Gasteiger partial charge in [-0.1, -0.05) is 44.2 Å². The van der Waals surface area contributed by atoms with E-state index in [1.165, 1.54) is 7.11 Å². The second kappa shape index (κ2) is 7.40. The maximum Gasteiger partial charge on any atom is 0.324 e. The molecule has 1 atom stereocenters. The number of sulfonamides is 1. The largest absolute Gasteiger partial charge is 0.468 e. The van der Waals surface area contributed by atoms with Crippen LogP contribution in [0.15, 0.2) is 30.3 Å². The summed E-state index contributed by atoms with van der Waals surface area (Å²) in [7, 11) is -2.28. The summed E-state index contributed by atoms with van der Waals surface area (Å²) < 4.78 is 31.1. The maximum atomic E-state index is 12.0. The third-order valence-electron chi connectivity index (χ3n) is 2.93. The van der Waals surface area contributed by atoms with Gasteiger partial charge in [-0.25, -0.2) is 13.1 Å². The number of hydrogen-bond acceptors (Lipinski definition) is 4. The Morgan fingerprint density at radius 1 is 1.25 bits per heavy atom.